The molecule has 0 aliphatic heterocycles. The van der Waals surface area contributed by atoms with Gasteiger partial charge in [-0.2, -0.15) is 0 Å². The van der Waals surface area contributed by atoms with Gasteiger partial charge in [0, 0.05) is 6.42 Å². The number of ether oxygens (including phenoxy) is 1. The molecule has 0 fully saturated rings. The maximum Gasteiger partial charge on any atom is 1.00 e. The first-order chi connectivity index (χ1) is 5.33. The molecule has 0 bridgehead atoms. The molecule has 0 saturated heterocycles. The Labute approximate surface area is 116 Å². The van der Waals surface area contributed by atoms with Crippen molar-refractivity contribution in [1.82, 2.24) is 0 Å². The summed E-state index contributed by atoms with van der Waals surface area (Å²) in [6.07, 6.45) is 0.412. The van der Waals surface area contributed by atoms with Crippen molar-refractivity contribution in [3.8, 4) is 5.75 Å². The van der Waals surface area contributed by atoms with Crippen LogP contribution in [0.25, 0.3) is 0 Å². The molecule has 0 spiro atoms. The monoisotopic (exact) mass is 190 g/mol. The minimum Gasteiger partial charge on any atom is -1.00 e. The molecule has 0 heterocycles. The molecule has 0 radical (unpaired) electrons. The van der Waals surface area contributed by atoms with Crippen LogP contribution in [0.2, 0.25) is 0 Å². The van der Waals surface area contributed by atoms with E-state index in [-0.39, 0.29) is 58.8 Å². The van der Waals surface area contributed by atoms with Crippen molar-refractivity contribution >= 4 is 5.97 Å². The number of hydrogen-bond donors (Lipinski definition) is 0. The molecule has 0 saturated carbocycles. The van der Waals surface area contributed by atoms with Gasteiger partial charge in [0.1, 0.15) is 5.75 Å². The van der Waals surface area contributed by atoms with Crippen LogP contribution in [0.5, 0.6) is 5.75 Å². The van der Waals surface area contributed by atoms with Crippen LogP contribution in [0.15, 0.2) is 30.3 Å². The summed E-state index contributed by atoms with van der Waals surface area (Å²) in [5.41, 5.74) is 0. The topological polar surface area (TPSA) is 26.3 Å². The summed E-state index contributed by atoms with van der Waals surface area (Å²) in [6.45, 7) is 1.77. The number of carbonyl (C=O) groups excluding carboxylic acids is 1. The zero-order valence-electron chi connectivity index (χ0n) is 8.41. The number of esters is 1. The molecule has 0 atom stereocenters. The van der Waals surface area contributed by atoms with Crippen LogP contribution < -0.4 is 56.1 Å². The molecular formula is C9H11KO2. The summed E-state index contributed by atoms with van der Waals surface area (Å²) in [4.78, 5) is 10.8. The molecule has 60 valence electrons. The predicted octanol–water partition coefficient (Wildman–Crippen LogP) is -0.881. The normalized spacial score (nSPS) is 8.42. The van der Waals surface area contributed by atoms with Gasteiger partial charge >= 0.3 is 57.4 Å². The smallest absolute Gasteiger partial charge is 1.00 e. The molecule has 0 aliphatic rings. The Kier molecular flexibility index (Phi) is 6.99. The SMILES string of the molecule is CCC(=O)Oc1ccccc1.[H-].[K+]. The molecule has 1 rings (SSSR count). The minimum atomic E-state index is -0.198. The van der Waals surface area contributed by atoms with Gasteiger partial charge in [-0.3, -0.25) is 4.79 Å². The summed E-state index contributed by atoms with van der Waals surface area (Å²) in [5.74, 6) is 0.413. The Morgan fingerprint density at radius 1 is 1.42 bits per heavy atom. The van der Waals surface area contributed by atoms with Crippen molar-refractivity contribution in [3.05, 3.63) is 30.3 Å². The number of benzene rings is 1. The third-order valence-corrected chi connectivity index (χ3v) is 1.26. The summed E-state index contributed by atoms with van der Waals surface area (Å²) in [7, 11) is 0. The van der Waals surface area contributed by atoms with Crippen molar-refractivity contribution < 1.29 is 62.3 Å². The third kappa shape index (κ3) is 4.38. The van der Waals surface area contributed by atoms with E-state index in [1.54, 1.807) is 19.1 Å². The van der Waals surface area contributed by atoms with Gasteiger partial charge in [-0.25, -0.2) is 0 Å². The molecule has 1 aromatic rings. The van der Waals surface area contributed by atoms with E-state index in [0.717, 1.165) is 0 Å². The molecule has 0 unspecified atom stereocenters. The molecule has 3 heteroatoms. The van der Waals surface area contributed by atoms with E-state index in [0.29, 0.717) is 12.2 Å². The average molecular weight is 190 g/mol. The van der Waals surface area contributed by atoms with Crippen molar-refractivity contribution in [3.63, 3.8) is 0 Å². The summed E-state index contributed by atoms with van der Waals surface area (Å²) >= 11 is 0. The largest absolute Gasteiger partial charge is 1.00 e. The molecule has 2 nitrogen and oxygen atoms in total. The van der Waals surface area contributed by atoms with Crippen LogP contribution in [-0.4, -0.2) is 5.97 Å². The van der Waals surface area contributed by atoms with Gasteiger partial charge in [-0.05, 0) is 12.1 Å². The van der Waals surface area contributed by atoms with E-state index < -0.39 is 0 Å². The number of rotatable bonds is 2. The Morgan fingerprint density at radius 3 is 2.50 bits per heavy atom. The van der Waals surface area contributed by atoms with Gasteiger partial charge in [-0.1, -0.05) is 25.1 Å². The van der Waals surface area contributed by atoms with Crippen LogP contribution in [0.3, 0.4) is 0 Å². The zero-order valence-corrected chi connectivity index (χ0v) is 10.5. The Morgan fingerprint density at radius 2 is 2.00 bits per heavy atom. The van der Waals surface area contributed by atoms with Crippen LogP contribution in [0, 0.1) is 0 Å². The maximum absolute atomic E-state index is 10.8. The van der Waals surface area contributed by atoms with E-state index in [1.807, 2.05) is 18.2 Å². The third-order valence-electron chi connectivity index (χ3n) is 1.26. The predicted molar refractivity (Wildman–Crippen MR) is 43.5 cm³/mol. The molecule has 0 amide bonds. The molecular weight excluding hydrogens is 179 g/mol. The van der Waals surface area contributed by atoms with Crippen molar-refractivity contribution in [2.75, 3.05) is 0 Å². The molecule has 1 aromatic carbocycles. The van der Waals surface area contributed by atoms with E-state index in [2.05, 4.69) is 0 Å². The number of hydrogen-bond acceptors (Lipinski definition) is 2. The first-order valence-electron chi connectivity index (χ1n) is 3.58. The first kappa shape index (κ1) is 12.3. The van der Waals surface area contributed by atoms with E-state index >= 15 is 0 Å². The second kappa shape index (κ2) is 6.80. The van der Waals surface area contributed by atoms with Gasteiger partial charge < -0.3 is 6.16 Å². The molecule has 0 aliphatic carbocycles. The van der Waals surface area contributed by atoms with Crippen molar-refractivity contribution in [2.24, 2.45) is 0 Å². The number of para-hydroxylation sites is 1. The minimum absolute atomic E-state index is 0. The molecule has 0 N–H and O–H groups in total. The van der Waals surface area contributed by atoms with E-state index in [1.165, 1.54) is 0 Å². The van der Waals surface area contributed by atoms with E-state index in [4.69, 9.17) is 4.74 Å². The fourth-order valence-electron chi connectivity index (χ4n) is 0.692. The van der Waals surface area contributed by atoms with Crippen LogP contribution >= 0.6 is 0 Å². The Bertz CT molecular complexity index is 239. The van der Waals surface area contributed by atoms with Crippen LogP contribution in [-0.2, 0) is 4.79 Å². The van der Waals surface area contributed by atoms with Crippen molar-refractivity contribution in [2.45, 2.75) is 13.3 Å². The van der Waals surface area contributed by atoms with Gasteiger partial charge in [0.25, 0.3) is 0 Å². The summed E-state index contributed by atoms with van der Waals surface area (Å²) in [6, 6.07) is 9.06. The Balaban J connectivity index is 0. The standard InChI is InChI=1S/C9H10O2.K.H/c1-2-9(10)11-8-6-4-3-5-7-8;;/h3-7H,2H2,1H3;;/q;+1;-1. The Hall–Kier alpha value is 0.326. The van der Waals surface area contributed by atoms with Crippen molar-refractivity contribution in [1.29, 1.82) is 0 Å². The van der Waals surface area contributed by atoms with Crippen LogP contribution in [0.4, 0.5) is 0 Å². The fraction of sp³-hybridized carbons (Fsp3) is 0.222. The average Bonchev–Trinajstić information content (AvgIpc) is 2.06. The first-order valence-corrected chi connectivity index (χ1v) is 3.58. The molecule has 0 aromatic heterocycles. The molecule has 12 heavy (non-hydrogen) atoms. The number of carbonyl (C=O) groups is 1. The zero-order chi connectivity index (χ0) is 8.10. The summed E-state index contributed by atoms with van der Waals surface area (Å²) < 4.78 is 4.92. The quantitative estimate of drug-likeness (QED) is 0.344. The van der Waals surface area contributed by atoms with Gasteiger partial charge in [0.15, 0.2) is 0 Å². The second-order valence-corrected chi connectivity index (χ2v) is 2.14. The van der Waals surface area contributed by atoms with Gasteiger partial charge in [0.2, 0.25) is 0 Å². The maximum atomic E-state index is 10.8. The summed E-state index contributed by atoms with van der Waals surface area (Å²) in [5, 5.41) is 0. The van der Waals surface area contributed by atoms with Gasteiger partial charge in [-0.15, -0.1) is 0 Å². The van der Waals surface area contributed by atoms with E-state index in [9.17, 15) is 4.79 Å². The fourth-order valence-corrected chi connectivity index (χ4v) is 0.692. The van der Waals surface area contributed by atoms with Crippen LogP contribution in [0.1, 0.15) is 14.8 Å². The second-order valence-electron chi connectivity index (χ2n) is 2.14. The van der Waals surface area contributed by atoms with Gasteiger partial charge in [0.05, 0.1) is 0 Å².